The van der Waals surface area contributed by atoms with Gasteiger partial charge in [-0.05, 0) is 26.7 Å². The first kappa shape index (κ1) is 17.2. The molecule has 0 heterocycles. The summed E-state index contributed by atoms with van der Waals surface area (Å²) in [5.41, 5.74) is -0.618. The van der Waals surface area contributed by atoms with Crippen LogP contribution in [-0.4, -0.2) is 30.2 Å². The van der Waals surface area contributed by atoms with Gasteiger partial charge in [-0.15, -0.1) is 0 Å². The molecule has 0 radical (unpaired) electrons. The maximum Gasteiger partial charge on any atom is 0.408 e. The summed E-state index contributed by atoms with van der Waals surface area (Å²) < 4.78 is 5.12. The van der Waals surface area contributed by atoms with Crippen molar-refractivity contribution in [1.82, 2.24) is 10.6 Å². The highest BCUT2D eigenvalue weighted by Gasteiger charge is 2.27. The predicted molar refractivity (Wildman–Crippen MR) is 71.2 cm³/mol. The van der Waals surface area contributed by atoms with E-state index in [1.165, 1.54) is 0 Å². The van der Waals surface area contributed by atoms with Gasteiger partial charge < -0.3 is 15.4 Å². The zero-order chi connectivity index (χ0) is 15.1. The lowest BCUT2D eigenvalue weighted by Gasteiger charge is -2.25. The Hall–Kier alpha value is -1.77. The van der Waals surface area contributed by atoms with Crippen molar-refractivity contribution in [1.29, 1.82) is 5.26 Å². The molecule has 0 spiro atoms. The van der Waals surface area contributed by atoms with Crippen LogP contribution in [0.3, 0.4) is 0 Å². The molecule has 19 heavy (non-hydrogen) atoms. The number of ether oxygens (including phenoxy) is 1. The van der Waals surface area contributed by atoms with Gasteiger partial charge in [0.1, 0.15) is 18.2 Å². The monoisotopic (exact) mass is 269 g/mol. The summed E-state index contributed by atoms with van der Waals surface area (Å²) in [5, 5.41) is 13.4. The van der Waals surface area contributed by atoms with Crippen LogP contribution in [0.25, 0.3) is 0 Å². The standard InChI is InChI=1S/C13H23N3O3/c1-6-9(2)10(11(17)15-8-7-14)16-12(18)19-13(3,4)5/h9-10H,6,8H2,1-5H3,(H,15,17)(H,16,18)/t9-,10-/m0/s1. The molecule has 0 unspecified atom stereocenters. The van der Waals surface area contributed by atoms with Gasteiger partial charge >= 0.3 is 6.09 Å². The molecule has 2 amide bonds. The largest absolute Gasteiger partial charge is 0.444 e. The van der Waals surface area contributed by atoms with E-state index in [1.807, 2.05) is 19.9 Å². The van der Waals surface area contributed by atoms with Crippen LogP contribution in [0.4, 0.5) is 4.79 Å². The van der Waals surface area contributed by atoms with E-state index in [0.29, 0.717) is 0 Å². The van der Waals surface area contributed by atoms with E-state index < -0.39 is 17.7 Å². The Morgan fingerprint density at radius 1 is 1.37 bits per heavy atom. The number of nitriles is 1. The maximum atomic E-state index is 11.9. The summed E-state index contributed by atoms with van der Waals surface area (Å²) >= 11 is 0. The number of hydrogen-bond donors (Lipinski definition) is 2. The van der Waals surface area contributed by atoms with Crippen molar-refractivity contribution >= 4 is 12.0 Å². The second-order valence-corrected chi connectivity index (χ2v) is 5.39. The second kappa shape index (κ2) is 7.62. The molecule has 0 aromatic carbocycles. The minimum atomic E-state index is -0.701. The fraction of sp³-hybridized carbons (Fsp3) is 0.769. The first-order valence-electron chi connectivity index (χ1n) is 6.35. The molecule has 0 saturated heterocycles. The van der Waals surface area contributed by atoms with Crippen molar-refractivity contribution in [2.75, 3.05) is 6.54 Å². The lowest BCUT2D eigenvalue weighted by Crippen LogP contribution is -2.51. The van der Waals surface area contributed by atoms with E-state index in [9.17, 15) is 9.59 Å². The van der Waals surface area contributed by atoms with Crippen molar-refractivity contribution in [2.45, 2.75) is 52.7 Å². The SMILES string of the molecule is CC[C@H](C)[C@H](NC(=O)OC(C)(C)C)C(=O)NCC#N. The third-order valence-electron chi connectivity index (χ3n) is 2.51. The average Bonchev–Trinajstić information content (AvgIpc) is 2.29. The molecule has 0 rings (SSSR count). The van der Waals surface area contributed by atoms with E-state index >= 15 is 0 Å². The van der Waals surface area contributed by atoms with Gasteiger partial charge in [-0.3, -0.25) is 4.79 Å². The number of nitrogens with zero attached hydrogens (tertiary/aromatic N) is 1. The van der Waals surface area contributed by atoms with Gasteiger partial charge in [-0.1, -0.05) is 20.3 Å². The minimum absolute atomic E-state index is 0.0498. The van der Waals surface area contributed by atoms with E-state index in [2.05, 4.69) is 10.6 Å². The first-order valence-corrected chi connectivity index (χ1v) is 6.35. The molecule has 0 fully saturated rings. The quantitative estimate of drug-likeness (QED) is 0.741. The summed E-state index contributed by atoms with van der Waals surface area (Å²) in [6.45, 7) is 8.95. The Bertz CT molecular complexity index is 355. The number of carbonyl (C=O) groups excluding carboxylic acids is 2. The number of rotatable bonds is 5. The van der Waals surface area contributed by atoms with Crippen molar-refractivity contribution in [3.63, 3.8) is 0 Å². The summed E-state index contributed by atoms with van der Waals surface area (Å²) in [5.74, 6) is -0.423. The van der Waals surface area contributed by atoms with Crippen LogP contribution in [0.1, 0.15) is 41.0 Å². The van der Waals surface area contributed by atoms with E-state index in [0.717, 1.165) is 6.42 Å². The van der Waals surface area contributed by atoms with Gasteiger partial charge in [0.2, 0.25) is 5.91 Å². The zero-order valence-electron chi connectivity index (χ0n) is 12.2. The van der Waals surface area contributed by atoms with Crippen molar-refractivity contribution in [2.24, 2.45) is 5.92 Å². The van der Waals surface area contributed by atoms with Gasteiger partial charge in [0.25, 0.3) is 0 Å². The molecular weight excluding hydrogens is 246 g/mol. The Balaban J connectivity index is 4.65. The lowest BCUT2D eigenvalue weighted by atomic mass is 9.98. The molecule has 0 aliphatic rings. The van der Waals surface area contributed by atoms with Crippen LogP contribution >= 0.6 is 0 Å². The van der Waals surface area contributed by atoms with Gasteiger partial charge in [0.05, 0.1) is 6.07 Å². The Morgan fingerprint density at radius 2 is 1.95 bits per heavy atom. The third kappa shape index (κ3) is 7.29. The van der Waals surface area contributed by atoms with Crippen LogP contribution in [-0.2, 0) is 9.53 Å². The summed E-state index contributed by atoms with van der Waals surface area (Å²) in [4.78, 5) is 23.6. The highest BCUT2D eigenvalue weighted by molar-refractivity contribution is 5.86. The van der Waals surface area contributed by atoms with Crippen LogP contribution in [0.2, 0.25) is 0 Å². The van der Waals surface area contributed by atoms with Crippen molar-refractivity contribution < 1.29 is 14.3 Å². The molecule has 108 valence electrons. The van der Waals surface area contributed by atoms with Crippen molar-refractivity contribution in [3.8, 4) is 6.07 Å². The van der Waals surface area contributed by atoms with Gasteiger partial charge in [0.15, 0.2) is 0 Å². The van der Waals surface area contributed by atoms with Gasteiger partial charge in [-0.25, -0.2) is 4.79 Å². The van der Waals surface area contributed by atoms with E-state index in [-0.39, 0.29) is 18.4 Å². The normalized spacial score (nSPS) is 13.9. The highest BCUT2D eigenvalue weighted by atomic mass is 16.6. The third-order valence-corrected chi connectivity index (χ3v) is 2.51. The Kier molecular flexibility index (Phi) is 6.91. The first-order chi connectivity index (χ1) is 8.71. The maximum absolute atomic E-state index is 11.9. The van der Waals surface area contributed by atoms with E-state index in [1.54, 1.807) is 20.8 Å². The predicted octanol–water partition coefficient (Wildman–Crippen LogP) is 1.57. The van der Waals surface area contributed by atoms with Crippen LogP contribution < -0.4 is 10.6 Å². The molecule has 6 heteroatoms. The summed E-state index contributed by atoms with van der Waals surface area (Å²) in [7, 11) is 0. The topological polar surface area (TPSA) is 91.2 Å². The molecule has 6 nitrogen and oxygen atoms in total. The fourth-order valence-corrected chi connectivity index (χ4v) is 1.37. The van der Waals surface area contributed by atoms with Gasteiger partial charge in [0, 0.05) is 0 Å². The summed E-state index contributed by atoms with van der Waals surface area (Å²) in [6.07, 6.45) is 0.0883. The lowest BCUT2D eigenvalue weighted by molar-refractivity contribution is -0.124. The molecule has 0 saturated carbocycles. The summed E-state index contributed by atoms with van der Waals surface area (Å²) in [6, 6.07) is 1.13. The number of nitrogens with one attached hydrogen (secondary N) is 2. The fourth-order valence-electron chi connectivity index (χ4n) is 1.37. The number of alkyl carbamates (subject to hydrolysis) is 1. The number of hydrogen-bond acceptors (Lipinski definition) is 4. The second-order valence-electron chi connectivity index (χ2n) is 5.39. The van der Waals surface area contributed by atoms with Crippen LogP contribution in [0.5, 0.6) is 0 Å². The number of amides is 2. The molecule has 0 aliphatic carbocycles. The van der Waals surface area contributed by atoms with Gasteiger partial charge in [-0.2, -0.15) is 5.26 Å². The average molecular weight is 269 g/mol. The highest BCUT2D eigenvalue weighted by Crippen LogP contribution is 2.11. The molecule has 0 bridgehead atoms. The Labute approximate surface area is 114 Å². The molecule has 0 aromatic rings. The zero-order valence-corrected chi connectivity index (χ0v) is 12.2. The number of carbonyl (C=O) groups is 2. The molecule has 2 N–H and O–H groups in total. The smallest absolute Gasteiger partial charge is 0.408 e. The van der Waals surface area contributed by atoms with Crippen LogP contribution in [0, 0.1) is 17.2 Å². The van der Waals surface area contributed by atoms with E-state index in [4.69, 9.17) is 10.00 Å². The van der Waals surface area contributed by atoms with Crippen molar-refractivity contribution in [3.05, 3.63) is 0 Å². The molecule has 2 atom stereocenters. The Morgan fingerprint density at radius 3 is 2.37 bits per heavy atom. The minimum Gasteiger partial charge on any atom is -0.444 e. The van der Waals surface area contributed by atoms with Crippen LogP contribution in [0.15, 0.2) is 0 Å². The molecule has 0 aromatic heterocycles. The molecular formula is C13H23N3O3. The molecule has 0 aliphatic heterocycles.